The first-order valence-corrected chi connectivity index (χ1v) is 11.0. The molecule has 0 spiro atoms. The molecule has 3 N–H and O–H groups in total. The van der Waals surface area contributed by atoms with Gasteiger partial charge in [-0.3, -0.25) is 4.79 Å². The van der Waals surface area contributed by atoms with Gasteiger partial charge in [-0.1, -0.05) is 32.6 Å². The van der Waals surface area contributed by atoms with E-state index >= 15 is 0 Å². The van der Waals surface area contributed by atoms with E-state index in [0.29, 0.717) is 17.2 Å². The van der Waals surface area contributed by atoms with E-state index in [1.54, 1.807) is 12.1 Å². The van der Waals surface area contributed by atoms with E-state index in [4.69, 9.17) is 0 Å². The Morgan fingerprint density at radius 2 is 1.79 bits per heavy atom. The Morgan fingerprint density at radius 1 is 1.14 bits per heavy atom. The zero-order valence-electron chi connectivity index (χ0n) is 17.8. The quantitative estimate of drug-likeness (QED) is 0.665. The molecule has 0 atom stereocenters. The third kappa shape index (κ3) is 5.95. The molecule has 6 nitrogen and oxygen atoms in total. The van der Waals surface area contributed by atoms with Gasteiger partial charge in [-0.25, -0.2) is 4.79 Å². The first kappa shape index (κ1) is 21.6. The minimum absolute atomic E-state index is 0.0617. The van der Waals surface area contributed by atoms with Crippen molar-refractivity contribution < 1.29 is 14.7 Å². The first-order valence-electron chi connectivity index (χ1n) is 11.0. The molecule has 1 aliphatic heterocycles. The summed E-state index contributed by atoms with van der Waals surface area (Å²) < 4.78 is 0. The molecule has 0 bridgehead atoms. The van der Waals surface area contributed by atoms with Gasteiger partial charge < -0.3 is 20.6 Å². The van der Waals surface area contributed by atoms with Crippen molar-refractivity contribution in [1.82, 2.24) is 10.2 Å². The number of piperidine rings is 1. The molecule has 1 saturated carbocycles. The van der Waals surface area contributed by atoms with Gasteiger partial charge >= 0.3 is 6.03 Å². The molecule has 3 rings (SSSR count). The molecular weight excluding hydrogens is 366 g/mol. The highest BCUT2D eigenvalue weighted by Crippen LogP contribution is 2.26. The minimum Gasteiger partial charge on any atom is -0.388 e. The Bertz CT molecular complexity index is 718. The minimum atomic E-state index is -0.800. The molecule has 3 amide bonds. The maximum Gasteiger partial charge on any atom is 0.319 e. The standard InChI is InChI=1S/C23H35N3O3/c1-17-9-13-26(14-10-17)21(27)19-7-8-20(18(2)15-19)25-22(28)24-16-23(29)11-5-3-4-6-12-23/h7-8,15,17,29H,3-6,9-14,16H2,1-2H3,(H2,24,25,28). The normalized spacial score (nSPS) is 20.0. The predicted octanol–water partition coefficient (Wildman–Crippen LogP) is 4.07. The molecular formula is C23H35N3O3. The number of nitrogens with one attached hydrogen (secondary N) is 2. The Morgan fingerprint density at radius 3 is 2.41 bits per heavy atom. The number of hydrogen-bond donors (Lipinski definition) is 3. The Balaban J connectivity index is 1.54. The highest BCUT2D eigenvalue weighted by atomic mass is 16.3. The molecule has 1 heterocycles. The highest BCUT2D eigenvalue weighted by Gasteiger charge is 2.28. The van der Waals surface area contributed by atoms with Gasteiger partial charge in [0.15, 0.2) is 0 Å². The molecule has 0 unspecified atom stereocenters. The number of nitrogens with zero attached hydrogens (tertiary/aromatic N) is 1. The van der Waals surface area contributed by atoms with Crippen LogP contribution in [-0.2, 0) is 0 Å². The summed E-state index contributed by atoms with van der Waals surface area (Å²) in [7, 11) is 0. The van der Waals surface area contributed by atoms with Crippen LogP contribution in [0.15, 0.2) is 18.2 Å². The summed E-state index contributed by atoms with van der Waals surface area (Å²) in [4.78, 5) is 27.0. The van der Waals surface area contributed by atoms with Crippen LogP contribution in [0.2, 0.25) is 0 Å². The summed E-state index contributed by atoms with van der Waals surface area (Å²) in [5, 5.41) is 16.3. The average Bonchev–Trinajstić information content (AvgIpc) is 2.93. The van der Waals surface area contributed by atoms with Gasteiger partial charge in [0.05, 0.1) is 5.60 Å². The van der Waals surface area contributed by atoms with E-state index in [1.807, 2.05) is 17.9 Å². The maximum absolute atomic E-state index is 12.7. The molecule has 0 radical (unpaired) electrons. The number of benzene rings is 1. The second-order valence-electron chi connectivity index (χ2n) is 8.95. The van der Waals surface area contributed by atoms with Crippen LogP contribution in [0.1, 0.15) is 74.2 Å². The van der Waals surface area contributed by atoms with E-state index in [1.165, 1.54) is 0 Å². The number of carbonyl (C=O) groups is 2. The van der Waals surface area contributed by atoms with Crippen LogP contribution in [0.5, 0.6) is 0 Å². The first-order chi connectivity index (χ1) is 13.9. The Kier molecular flexibility index (Phi) is 7.17. The maximum atomic E-state index is 12.7. The molecule has 1 aromatic rings. The Hall–Kier alpha value is -2.08. The molecule has 2 aliphatic rings. The molecule has 29 heavy (non-hydrogen) atoms. The number of hydrogen-bond acceptors (Lipinski definition) is 3. The summed E-state index contributed by atoms with van der Waals surface area (Å²) in [5.41, 5.74) is 1.39. The third-order valence-corrected chi connectivity index (χ3v) is 6.40. The lowest BCUT2D eigenvalue weighted by molar-refractivity contribution is 0.0281. The second-order valence-corrected chi connectivity index (χ2v) is 8.95. The molecule has 0 aromatic heterocycles. The van der Waals surface area contributed by atoms with Crippen LogP contribution in [0.3, 0.4) is 0 Å². The summed E-state index contributed by atoms with van der Waals surface area (Å²) >= 11 is 0. The van der Waals surface area contributed by atoms with Crippen molar-refractivity contribution in [3.63, 3.8) is 0 Å². The molecule has 1 saturated heterocycles. The zero-order chi connectivity index (χ0) is 20.9. The lowest BCUT2D eigenvalue weighted by Crippen LogP contribution is -2.44. The van der Waals surface area contributed by atoms with Crippen molar-refractivity contribution >= 4 is 17.6 Å². The number of aryl methyl sites for hydroxylation is 1. The number of aliphatic hydroxyl groups is 1. The van der Waals surface area contributed by atoms with E-state index in [2.05, 4.69) is 17.6 Å². The van der Waals surface area contributed by atoms with Gasteiger partial charge in [-0.05, 0) is 62.3 Å². The SMILES string of the molecule is Cc1cc(C(=O)N2CCC(C)CC2)ccc1NC(=O)NCC1(O)CCCCCC1. The van der Waals surface area contributed by atoms with Gasteiger partial charge in [0.1, 0.15) is 0 Å². The highest BCUT2D eigenvalue weighted by molar-refractivity contribution is 5.96. The van der Waals surface area contributed by atoms with Gasteiger partial charge in [0, 0.05) is 30.9 Å². The van der Waals surface area contributed by atoms with Gasteiger partial charge in [-0.2, -0.15) is 0 Å². The van der Waals surface area contributed by atoms with Crippen molar-refractivity contribution in [2.75, 3.05) is 25.0 Å². The summed E-state index contributed by atoms with van der Waals surface area (Å²) in [5.74, 6) is 0.744. The van der Waals surface area contributed by atoms with Crippen LogP contribution in [0, 0.1) is 12.8 Å². The number of carbonyl (C=O) groups excluding carboxylic acids is 2. The number of urea groups is 1. The Labute approximate surface area is 174 Å². The smallest absolute Gasteiger partial charge is 0.319 e. The lowest BCUT2D eigenvalue weighted by atomic mass is 9.94. The van der Waals surface area contributed by atoms with Gasteiger partial charge in [-0.15, -0.1) is 0 Å². The average molecular weight is 402 g/mol. The predicted molar refractivity (Wildman–Crippen MR) is 115 cm³/mol. The van der Waals surface area contributed by atoms with E-state index in [0.717, 1.165) is 70.0 Å². The second kappa shape index (κ2) is 9.61. The van der Waals surface area contributed by atoms with Crippen molar-refractivity contribution in [3.05, 3.63) is 29.3 Å². The fraction of sp³-hybridized carbons (Fsp3) is 0.652. The third-order valence-electron chi connectivity index (χ3n) is 6.40. The molecule has 160 valence electrons. The molecule has 6 heteroatoms. The van der Waals surface area contributed by atoms with Gasteiger partial charge in [0.2, 0.25) is 0 Å². The van der Waals surface area contributed by atoms with Crippen LogP contribution in [0.25, 0.3) is 0 Å². The molecule has 1 aromatic carbocycles. The van der Waals surface area contributed by atoms with Gasteiger partial charge in [0.25, 0.3) is 5.91 Å². The molecule has 1 aliphatic carbocycles. The van der Waals surface area contributed by atoms with Crippen molar-refractivity contribution in [2.45, 2.75) is 70.8 Å². The van der Waals surface area contributed by atoms with E-state index in [9.17, 15) is 14.7 Å². The number of anilines is 1. The molecule has 2 fully saturated rings. The number of amides is 3. The largest absolute Gasteiger partial charge is 0.388 e. The van der Waals surface area contributed by atoms with Crippen LogP contribution < -0.4 is 10.6 Å². The van der Waals surface area contributed by atoms with Crippen LogP contribution in [-0.4, -0.2) is 47.2 Å². The van der Waals surface area contributed by atoms with E-state index < -0.39 is 5.60 Å². The summed E-state index contributed by atoms with van der Waals surface area (Å²) in [6.45, 7) is 6.01. The number of likely N-dealkylation sites (tertiary alicyclic amines) is 1. The van der Waals surface area contributed by atoms with E-state index in [-0.39, 0.29) is 18.5 Å². The van der Waals surface area contributed by atoms with Crippen LogP contribution in [0.4, 0.5) is 10.5 Å². The number of rotatable bonds is 4. The van der Waals surface area contributed by atoms with Crippen molar-refractivity contribution in [2.24, 2.45) is 5.92 Å². The summed E-state index contributed by atoms with van der Waals surface area (Å²) in [6.07, 6.45) is 7.88. The fourth-order valence-electron chi connectivity index (χ4n) is 4.31. The topological polar surface area (TPSA) is 81.7 Å². The summed E-state index contributed by atoms with van der Waals surface area (Å²) in [6, 6.07) is 5.08. The fourth-order valence-corrected chi connectivity index (χ4v) is 4.31. The van der Waals surface area contributed by atoms with Crippen molar-refractivity contribution in [3.8, 4) is 0 Å². The van der Waals surface area contributed by atoms with Crippen LogP contribution >= 0.6 is 0 Å². The zero-order valence-corrected chi connectivity index (χ0v) is 17.8. The lowest BCUT2D eigenvalue weighted by Gasteiger charge is -2.30. The van der Waals surface area contributed by atoms with Crippen molar-refractivity contribution in [1.29, 1.82) is 0 Å². The monoisotopic (exact) mass is 401 g/mol.